The maximum Gasteiger partial charge on any atom is 0.316 e. The summed E-state index contributed by atoms with van der Waals surface area (Å²) in [6.45, 7) is 4.19. The van der Waals surface area contributed by atoms with Crippen molar-refractivity contribution in [2.24, 2.45) is 5.92 Å². The molecule has 0 aromatic rings. The summed E-state index contributed by atoms with van der Waals surface area (Å²) in [7, 11) is 0. The van der Waals surface area contributed by atoms with Gasteiger partial charge < -0.3 is 40.1 Å². The predicted molar refractivity (Wildman–Crippen MR) is 87.9 cm³/mol. The van der Waals surface area contributed by atoms with Crippen LogP contribution < -0.4 is 0 Å². The minimum Gasteiger partial charge on any atom is -0.508 e. The molecule has 6 N–H and O–H groups in total. The van der Waals surface area contributed by atoms with Gasteiger partial charge in [0.25, 0.3) is 0 Å². The highest BCUT2D eigenvalue weighted by Crippen LogP contribution is 2.38. The fourth-order valence-corrected chi connectivity index (χ4v) is 3.06. The average molecular weight is 374 g/mol. The minimum atomic E-state index is -2.19. The van der Waals surface area contributed by atoms with E-state index in [4.69, 9.17) is 9.47 Å². The number of esters is 1. The number of hydrogen-bond donors (Lipinski definition) is 6. The van der Waals surface area contributed by atoms with Crippen molar-refractivity contribution < 1.29 is 44.9 Å². The third kappa shape index (κ3) is 3.93. The first kappa shape index (κ1) is 20.8. The van der Waals surface area contributed by atoms with Gasteiger partial charge in [0.1, 0.15) is 53.4 Å². The van der Waals surface area contributed by atoms with E-state index in [2.05, 4.69) is 0 Å². The number of aliphatic hydroxyl groups excluding tert-OH is 5. The molecule has 0 amide bonds. The lowest BCUT2D eigenvalue weighted by molar-refractivity contribution is -0.268. The van der Waals surface area contributed by atoms with Crippen molar-refractivity contribution in [2.75, 3.05) is 6.61 Å². The average Bonchev–Trinajstić information content (AvgIpc) is 2.53. The molecular weight excluding hydrogens is 348 g/mol. The molecule has 1 aliphatic heterocycles. The molecule has 0 spiro atoms. The van der Waals surface area contributed by atoms with Crippen LogP contribution >= 0.6 is 0 Å². The van der Waals surface area contributed by atoms with Gasteiger partial charge in [-0.15, -0.1) is 0 Å². The summed E-state index contributed by atoms with van der Waals surface area (Å²) < 4.78 is 10.7. The van der Waals surface area contributed by atoms with Gasteiger partial charge in [0.15, 0.2) is 0 Å². The van der Waals surface area contributed by atoms with Gasteiger partial charge in [0, 0.05) is 0 Å². The number of allylic oxidation sites excluding steroid dienone is 1. The standard InChI is InChI=1S/C17H26O9/c1-16(2,3)26-15(23)9-6-8(19)4-5-17(9,24)14-13(22)12(21)11(20)10(7-18)25-14/h4-6,9-14,18-22,24H,7H2,1-3H3/t9?,10-,11-,12+,13-,14-,17?/m1/s1. The zero-order chi connectivity index (χ0) is 19.9. The molecule has 1 saturated heterocycles. The van der Waals surface area contributed by atoms with Crippen molar-refractivity contribution in [1.82, 2.24) is 0 Å². The Morgan fingerprint density at radius 1 is 1.23 bits per heavy atom. The van der Waals surface area contributed by atoms with Crippen molar-refractivity contribution in [2.45, 2.75) is 62.5 Å². The number of hydrogen-bond acceptors (Lipinski definition) is 9. The SMILES string of the molecule is CC(C)(C)OC(=O)C1C=C(O)C=CC1(O)[C@@H]1O[C@H](CO)[C@@H](O)[C@H](O)[C@H]1O. The van der Waals surface area contributed by atoms with Gasteiger partial charge in [-0.3, -0.25) is 4.79 Å². The number of carbonyl (C=O) groups excluding carboxylic acids is 1. The van der Waals surface area contributed by atoms with Crippen molar-refractivity contribution >= 4 is 5.97 Å². The first-order chi connectivity index (χ1) is 11.9. The van der Waals surface area contributed by atoms with Crippen LogP contribution in [0.5, 0.6) is 0 Å². The van der Waals surface area contributed by atoms with Gasteiger partial charge in [-0.2, -0.15) is 0 Å². The van der Waals surface area contributed by atoms with Crippen LogP contribution in [-0.2, 0) is 14.3 Å². The van der Waals surface area contributed by atoms with E-state index in [0.29, 0.717) is 0 Å². The van der Waals surface area contributed by atoms with E-state index in [-0.39, 0.29) is 5.76 Å². The highest BCUT2D eigenvalue weighted by atomic mass is 16.6. The van der Waals surface area contributed by atoms with Crippen molar-refractivity contribution in [1.29, 1.82) is 0 Å². The minimum absolute atomic E-state index is 0.296. The van der Waals surface area contributed by atoms with Gasteiger partial charge in [0.2, 0.25) is 0 Å². The molecule has 1 aliphatic carbocycles. The molecule has 0 aromatic heterocycles. The lowest BCUT2D eigenvalue weighted by Crippen LogP contribution is -2.67. The second-order valence-corrected chi connectivity index (χ2v) is 7.57. The van der Waals surface area contributed by atoms with Crippen LogP contribution in [0.2, 0.25) is 0 Å². The zero-order valence-electron chi connectivity index (χ0n) is 14.8. The first-order valence-corrected chi connectivity index (χ1v) is 8.26. The maximum atomic E-state index is 12.6. The Morgan fingerprint density at radius 3 is 2.38 bits per heavy atom. The fourth-order valence-electron chi connectivity index (χ4n) is 3.06. The highest BCUT2D eigenvalue weighted by molar-refractivity contribution is 5.78. The van der Waals surface area contributed by atoms with E-state index < -0.39 is 60.2 Å². The molecule has 2 aliphatic rings. The summed E-state index contributed by atoms with van der Waals surface area (Å²) in [5.74, 6) is -2.63. The normalized spacial score (nSPS) is 40.8. The Morgan fingerprint density at radius 2 is 1.85 bits per heavy atom. The maximum absolute atomic E-state index is 12.6. The van der Waals surface area contributed by atoms with E-state index in [1.165, 1.54) is 0 Å². The Hall–Kier alpha value is -1.49. The topological polar surface area (TPSA) is 157 Å². The Kier molecular flexibility index (Phi) is 5.81. The quantitative estimate of drug-likeness (QED) is 0.325. The summed E-state index contributed by atoms with van der Waals surface area (Å²) >= 11 is 0. The molecule has 1 heterocycles. The van der Waals surface area contributed by atoms with E-state index >= 15 is 0 Å². The number of aliphatic hydroxyl groups is 6. The molecule has 2 unspecified atom stereocenters. The van der Waals surface area contributed by atoms with Gasteiger partial charge in [-0.1, -0.05) is 0 Å². The summed E-state index contributed by atoms with van der Waals surface area (Å²) in [4.78, 5) is 12.6. The highest BCUT2D eigenvalue weighted by Gasteiger charge is 2.57. The van der Waals surface area contributed by atoms with Crippen LogP contribution in [0.4, 0.5) is 0 Å². The summed E-state index contributed by atoms with van der Waals surface area (Å²) in [6.07, 6.45) is -4.69. The van der Waals surface area contributed by atoms with E-state index in [1.54, 1.807) is 20.8 Å². The Bertz CT molecular complexity index is 592. The molecule has 26 heavy (non-hydrogen) atoms. The van der Waals surface area contributed by atoms with Gasteiger partial charge in [-0.05, 0) is 39.0 Å². The molecule has 9 heteroatoms. The van der Waals surface area contributed by atoms with Crippen molar-refractivity contribution in [3.05, 3.63) is 24.0 Å². The van der Waals surface area contributed by atoms with Crippen LogP contribution in [0, 0.1) is 5.92 Å². The zero-order valence-corrected chi connectivity index (χ0v) is 14.8. The molecule has 1 fully saturated rings. The molecule has 0 bridgehead atoms. The number of ether oxygens (including phenoxy) is 2. The van der Waals surface area contributed by atoms with Crippen LogP contribution in [-0.4, -0.2) is 84.9 Å². The summed E-state index contributed by atoms with van der Waals surface area (Å²) in [6, 6.07) is 0. The molecule has 0 saturated carbocycles. The predicted octanol–water partition coefficient (Wildman–Crippen LogP) is -1.47. The van der Waals surface area contributed by atoms with Crippen LogP contribution in [0.1, 0.15) is 20.8 Å². The molecule has 2 rings (SSSR count). The summed E-state index contributed by atoms with van der Waals surface area (Å²) in [5.41, 5.74) is -3.07. The molecular formula is C17H26O9. The second kappa shape index (κ2) is 7.26. The fraction of sp³-hybridized carbons (Fsp3) is 0.706. The Labute approximate surface area is 150 Å². The van der Waals surface area contributed by atoms with Crippen LogP contribution in [0.3, 0.4) is 0 Å². The number of carbonyl (C=O) groups is 1. The lowest BCUT2D eigenvalue weighted by Gasteiger charge is -2.48. The first-order valence-electron chi connectivity index (χ1n) is 8.26. The van der Waals surface area contributed by atoms with E-state index in [0.717, 1.165) is 18.2 Å². The molecule has 148 valence electrons. The molecule has 9 nitrogen and oxygen atoms in total. The molecule has 0 aromatic carbocycles. The Balaban J connectivity index is 2.39. The summed E-state index contributed by atoms with van der Waals surface area (Å²) in [5, 5.41) is 60.3. The smallest absolute Gasteiger partial charge is 0.316 e. The van der Waals surface area contributed by atoms with Gasteiger partial charge in [0.05, 0.1) is 6.61 Å². The van der Waals surface area contributed by atoms with Crippen LogP contribution in [0.15, 0.2) is 24.0 Å². The van der Waals surface area contributed by atoms with Crippen molar-refractivity contribution in [3.8, 4) is 0 Å². The molecule has 7 atom stereocenters. The molecule has 0 radical (unpaired) electrons. The largest absolute Gasteiger partial charge is 0.508 e. The third-order valence-electron chi connectivity index (χ3n) is 4.37. The monoisotopic (exact) mass is 374 g/mol. The van der Waals surface area contributed by atoms with Gasteiger partial charge in [-0.25, -0.2) is 0 Å². The van der Waals surface area contributed by atoms with E-state index in [1.807, 2.05) is 0 Å². The van der Waals surface area contributed by atoms with Gasteiger partial charge >= 0.3 is 5.97 Å². The lowest BCUT2D eigenvalue weighted by atomic mass is 9.74. The van der Waals surface area contributed by atoms with Crippen LogP contribution in [0.25, 0.3) is 0 Å². The number of rotatable bonds is 3. The van der Waals surface area contributed by atoms with E-state index in [9.17, 15) is 35.4 Å². The third-order valence-corrected chi connectivity index (χ3v) is 4.37. The second-order valence-electron chi connectivity index (χ2n) is 7.57. The van der Waals surface area contributed by atoms with Crippen molar-refractivity contribution in [3.63, 3.8) is 0 Å².